The first kappa shape index (κ1) is 21.0. The third-order valence-corrected chi connectivity index (χ3v) is 3.20. The highest BCUT2D eigenvalue weighted by atomic mass is 127. The highest BCUT2D eigenvalue weighted by molar-refractivity contribution is 14.0. The Morgan fingerprint density at radius 1 is 1.18 bits per heavy atom. The number of nitrogens with zero attached hydrogens (tertiary/aromatic N) is 1. The lowest BCUT2D eigenvalue weighted by molar-refractivity contribution is 0.406. The Kier molecular flexibility index (Phi) is 11.1. The highest BCUT2D eigenvalue weighted by Gasteiger charge is 2.11. The molecule has 0 aliphatic heterocycles. The van der Waals surface area contributed by atoms with Crippen LogP contribution in [0.4, 0.5) is 0 Å². The van der Waals surface area contributed by atoms with Gasteiger partial charge in [0.1, 0.15) is 5.75 Å². The molecular weight excluding hydrogens is 389 g/mol. The second kappa shape index (κ2) is 11.6. The first-order valence-corrected chi connectivity index (χ1v) is 7.73. The Labute approximate surface area is 152 Å². The summed E-state index contributed by atoms with van der Waals surface area (Å²) in [6.07, 6.45) is 0. The van der Waals surface area contributed by atoms with Crippen molar-refractivity contribution in [3.8, 4) is 5.75 Å². The van der Waals surface area contributed by atoms with E-state index < -0.39 is 0 Å². The predicted octanol–water partition coefficient (Wildman–Crippen LogP) is 3.63. The number of aliphatic imine (C=N–C) groups is 1. The Hall–Kier alpha value is -0.980. The number of halogens is 1. The van der Waals surface area contributed by atoms with Gasteiger partial charge in [0.05, 0.1) is 7.11 Å². The molecule has 0 spiro atoms. The number of benzene rings is 1. The molecule has 1 atom stereocenters. The van der Waals surface area contributed by atoms with Gasteiger partial charge in [0.15, 0.2) is 5.96 Å². The van der Waals surface area contributed by atoms with Crippen molar-refractivity contribution in [1.82, 2.24) is 10.6 Å². The normalized spacial score (nSPS) is 12.5. The summed E-state index contributed by atoms with van der Waals surface area (Å²) >= 11 is 0. The zero-order chi connectivity index (χ0) is 15.7. The van der Waals surface area contributed by atoms with Crippen molar-refractivity contribution in [1.29, 1.82) is 0 Å². The topological polar surface area (TPSA) is 45.7 Å². The van der Waals surface area contributed by atoms with Crippen LogP contribution in [-0.4, -0.2) is 32.7 Å². The monoisotopic (exact) mass is 419 g/mol. The van der Waals surface area contributed by atoms with E-state index in [9.17, 15) is 0 Å². The van der Waals surface area contributed by atoms with Crippen LogP contribution >= 0.6 is 24.0 Å². The Morgan fingerprint density at radius 2 is 1.86 bits per heavy atom. The van der Waals surface area contributed by atoms with E-state index in [1.54, 1.807) is 7.11 Å². The second-order valence-corrected chi connectivity index (χ2v) is 5.64. The van der Waals surface area contributed by atoms with E-state index in [1.807, 2.05) is 18.2 Å². The van der Waals surface area contributed by atoms with Crippen LogP contribution in [0.2, 0.25) is 0 Å². The van der Waals surface area contributed by atoms with Crippen LogP contribution in [0, 0.1) is 5.92 Å². The molecule has 0 aliphatic rings. The fourth-order valence-electron chi connectivity index (χ4n) is 2.05. The maximum Gasteiger partial charge on any atom is 0.191 e. The van der Waals surface area contributed by atoms with Gasteiger partial charge in [-0.25, -0.2) is 0 Å². The smallest absolute Gasteiger partial charge is 0.191 e. The molecule has 1 rings (SSSR count). The second-order valence-electron chi connectivity index (χ2n) is 5.64. The maximum atomic E-state index is 5.43. The third kappa shape index (κ3) is 7.33. The summed E-state index contributed by atoms with van der Waals surface area (Å²) in [5.41, 5.74) is 1.22. The molecule has 22 heavy (non-hydrogen) atoms. The van der Waals surface area contributed by atoms with Gasteiger partial charge >= 0.3 is 0 Å². The molecule has 1 unspecified atom stereocenters. The zero-order valence-corrected chi connectivity index (χ0v) is 16.7. The molecule has 0 aliphatic carbocycles. The van der Waals surface area contributed by atoms with Gasteiger partial charge in [-0.15, -0.1) is 24.0 Å². The van der Waals surface area contributed by atoms with Crippen molar-refractivity contribution in [3.63, 3.8) is 0 Å². The molecule has 126 valence electrons. The number of hydrogen-bond acceptors (Lipinski definition) is 2. The lowest BCUT2D eigenvalue weighted by Gasteiger charge is -2.18. The van der Waals surface area contributed by atoms with E-state index in [2.05, 4.69) is 49.4 Å². The van der Waals surface area contributed by atoms with Crippen LogP contribution in [0.1, 0.15) is 39.2 Å². The molecule has 0 heterocycles. The van der Waals surface area contributed by atoms with Gasteiger partial charge in [-0.1, -0.05) is 39.0 Å². The summed E-state index contributed by atoms with van der Waals surface area (Å²) in [7, 11) is 1.72. The highest BCUT2D eigenvalue weighted by Crippen LogP contribution is 2.25. The maximum absolute atomic E-state index is 5.43. The molecule has 1 aromatic carbocycles. The van der Waals surface area contributed by atoms with Crippen molar-refractivity contribution in [2.45, 2.75) is 33.6 Å². The zero-order valence-electron chi connectivity index (χ0n) is 14.3. The van der Waals surface area contributed by atoms with E-state index in [0.717, 1.165) is 31.3 Å². The lowest BCUT2D eigenvalue weighted by Crippen LogP contribution is -2.39. The Bertz CT molecular complexity index is 449. The van der Waals surface area contributed by atoms with Crippen molar-refractivity contribution < 1.29 is 4.74 Å². The molecule has 1 aromatic rings. The number of ether oxygens (including phenoxy) is 1. The summed E-state index contributed by atoms with van der Waals surface area (Å²) < 4.78 is 5.43. The molecule has 4 nitrogen and oxygen atoms in total. The number of hydrogen-bond donors (Lipinski definition) is 2. The van der Waals surface area contributed by atoms with Gasteiger partial charge in [0.2, 0.25) is 0 Å². The van der Waals surface area contributed by atoms with Gasteiger partial charge in [-0.2, -0.15) is 0 Å². The van der Waals surface area contributed by atoms with Crippen molar-refractivity contribution in [2.75, 3.05) is 26.7 Å². The average molecular weight is 419 g/mol. The van der Waals surface area contributed by atoms with Gasteiger partial charge < -0.3 is 15.4 Å². The fourth-order valence-corrected chi connectivity index (χ4v) is 2.05. The molecular formula is C17H30IN3O. The number of guanidine groups is 1. The van der Waals surface area contributed by atoms with Crippen LogP contribution in [-0.2, 0) is 0 Å². The summed E-state index contributed by atoms with van der Waals surface area (Å²) in [6.45, 7) is 11.1. The van der Waals surface area contributed by atoms with Gasteiger partial charge in [0.25, 0.3) is 0 Å². The van der Waals surface area contributed by atoms with Crippen molar-refractivity contribution in [3.05, 3.63) is 29.8 Å². The Balaban J connectivity index is 0.00000441. The molecule has 2 N–H and O–H groups in total. The van der Waals surface area contributed by atoms with E-state index in [0.29, 0.717) is 11.8 Å². The minimum absolute atomic E-state index is 0. The Morgan fingerprint density at radius 3 is 2.45 bits per heavy atom. The van der Waals surface area contributed by atoms with Gasteiger partial charge in [-0.05, 0) is 24.5 Å². The van der Waals surface area contributed by atoms with E-state index in [4.69, 9.17) is 4.74 Å². The largest absolute Gasteiger partial charge is 0.496 e. The summed E-state index contributed by atoms with van der Waals surface area (Å²) in [4.78, 5) is 4.58. The number of methoxy groups -OCH3 is 1. The standard InChI is InChI=1S/C17H29N3O.HI/c1-6-18-17(19-11-13(2)3)20-12-14(4)15-9-7-8-10-16(15)21-5;/h7-10,13-14H,6,11-12H2,1-5H3,(H2,18,19,20);1H. The number of nitrogens with one attached hydrogen (secondary N) is 2. The van der Waals surface area contributed by atoms with Gasteiger partial charge in [-0.3, -0.25) is 4.99 Å². The molecule has 0 saturated carbocycles. The fraction of sp³-hybridized carbons (Fsp3) is 0.588. The first-order chi connectivity index (χ1) is 10.1. The molecule has 0 saturated heterocycles. The molecule has 0 radical (unpaired) electrons. The summed E-state index contributed by atoms with van der Waals surface area (Å²) in [5.74, 6) is 2.74. The van der Waals surface area contributed by atoms with Crippen molar-refractivity contribution >= 4 is 29.9 Å². The third-order valence-electron chi connectivity index (χ3n) is 3.20. The summed E-state index contributed by atoms with van der Waals surface area (Å²) in [6, 6.07) is 8.16. The van der Waals surface area contributed by atoms with Crippen LogP contribution in [0.15, 0.2) is 29.3 Å². The van der Waals surface area contributed by atoms with Crippen LogP contribution in [0.3, 0.4) is 0 Å². The van der Waals surface area contributed by atoms with Crippen LogP contribution in [0.25, 0.3) is 0 Å². The quantitative estimate of drug-likeness (QED) is 0.403. The summed E-state index contributed by atoms with van der Waals surface area (Å²) in [5, 5.41) is 6.69. The number of rotatable bonds is 7. The van der Waals surface area contributed by atoms with Crippen LogP contribution in [0.5, 0.6) is 5.75 Å². The predicted molar refractivity (Wildman–Crippen MR) is 106 cm³/mol. The minimum atomic E-state index is 0. The van der Waals surface area contributed by atoms with Crippen LogP contribution < -0.4 is 15.4 Å². The SMILES string of the molecule is CCNC(=NCC(C)C)NCC(C)c1ccccc1OC.I. The van der Waals surface area contributed by atoms with E-state index in [1.165, 1.54) is 5.56 Å². The molecule has 5 heteroatoms. The first-order valence-electron chi connectivity index (χ1n) is 7.73. The van der Waals surface area contributed by atoms with E-state index in [-0.39, 0.29) is 24.0 Å². The molecule has 0 bridgehead atoms. The minimum Gasteiger partial charge on any atom is -0.496 e. The molecule has 0 fully saturated rings. The average Bonchev–Trinajstić information content (AvgIpc) is 2.49. The lowest BCUT2D eigenvalue weighted by atomic mass is 10.0. The molecule has 0 amide bonds. The van der Waals surface area contributed by atoms with E-state index >= 15 is 0 Å². The molecule has 0 aromatic heterocycles. The van der Waals surface area contributed by atoms with Gasteiger partial charge in [0, 0.05) is 25.6 Å². The van der Waals surface area contributed by atoms with Crippen molar-refractivity contribution in [2.24, 2.45) is 10.9 Å². The number of para-hydroxylation sites is 1.